The van der Waals surface area contributed by atoms with Crippen molar-refractivity contribution in [1.82, 2.24) is 5.32 Å². The quantitative estimate of drug-likeness (QED) is 0.873. The van der Waals surface area contributed by atoms with Crippen molar-refractivity contribution in [1.29, 1.82) is 0 Å². The molecule has 3 atom stereocenters. The van der Waals surface area contributed by atoms with Crippen LogP contribution in [0.5, 0.6) is 0 Å². The van der Waals surface area contributed by atoms with Crippen molar-refractivity contribution >= 4 is 33.4 Å². The molecule has 0 saturated heterocycles. The van der Waals surface area contributed by atoms with Gasteiger partial charge in [0.25, 0.3) is 5.91 Å². The van der Waals surface area contributed by atoms with Crippen LogP contribution in [0, 0.1) is 11.8 Å². The van der Waals surface area contributed by atoms with E-state index in [9.17, 15) is 4.79 Å². The molecule has 2 fully saturated rings. The third-order valence-corrected chi connectivity index (χ3v) is 5.15. The summed E-state index contributed by atoms with van der Waals surface area (Å²) in [5, 5.41) is 3.76. The van der Waals surface area contributed by atoms with Crippen LogP contribution in [0.25, 0.3) is 0 Å². The number of rotatable bonds is 2. The van der Waals surface area contributed by atoms with E-state index in [0.29, 0.717) is 22.5 Å². The maximum atomic E-state index is 12.3. The molecule has 3 unspecified atom stereocenters. The Kier molecular flexibility index (Phi) is 3.37. The lowest BCUT2D eigenvalue weighted by Gasteiger charge is -2.23. The van der Waals surface area contributed by atoms with Crippen molar-refractivity contribution < 1.29 is 4.79 Å². The van der Waals surface area contributed by atoms with Crippen LogP contribution in [-0.4, -0.2) is 11.9 Å². The topological polar surface area (TPSA) is 29.1 Å². The van der Waals surface area contributed by atoms with Crippen LogP contribution in [-0.2, 0) is 0 Å². The maximum Gasteiger partial charge on any atom is 0.252 e. The molecule has 2 nitrogen and oxygen atoms in total. The summed E-state index contributed by atoms with van der Waals surface area (Å²) in [6.45, 7) is 0. The van der Waals surface area contributed by atoms with Gasteiger partial charge in [0, 0.05) is 15.5 Å². The summed E-state index contributed by atoms with van der Waals surface area (Å²) in [6, 6.07) is 5.67. The Morgan fingerprint density at radius 1 is 1.33 bits per heavy atom. The molecule has 0 spiro atoms. The zero-order valence-corrected chi connectivity index (χ0v) is 12.3. The first-order valence-corrected chi connectivity index (χ1v) is 7.56. The van der Waals surface area contributed by atoms with Crippen molar-refractivity contribution in [3.05, 3.63) is 33.3 Å². The standard InChI is InChI=1S/C14H15BrClNO/c15-12-4-3-10(16)7-11(12)14(18)17-13-6-8-1-2-9(13)5-8/h3-4,7-9,13H,1-2,5-6H2,(H,17,18). The molecule has 2 aliphatic rings. The van der Waals surface area contributed by atoms with Crippen LogP contribution in [0.3, 0.4) is 0 Å². The first kappa shape index (κ1) is 12.5. The summed E-state index contributed by atoms with van der Waals surface area (Å²) in [4.78, 5) is 12.3. The molecule has 3 rings (SSSR count). The van der Waals surface area contributed by atoms with Crippen molar-refractivity contribution in [2.75, 3.05) is 0 Å². The molecule has 0 radical (unpaired) electrons. The third-order valence-electron chi connectivity index (χ3n) is 4.23. The molecule has 4 heteroatoms. The van der Waals surface area contributed by atoms with E-state index in [1.54, 1.807) is 12.1 Å². The molecule has 1 N–H and O–H groups in total. The van der Waals surface area contributed by atoms with Crippen LogP contribution in [0.2, 0.25) is 5.02 Å². The van der Waals surface area contributed by atoms with Gasteiger partial charge in [-0.25, -0.2) is 0 Å². The number of amides is 1. The Balaban J connectivity index is 1.73. The number of halogens is 2. The van der Waals surface area contributed by atoms with Crippen LogP contribution in [0.1, 0.15) is 36.0 Å². The van der Waals surface area contributed by atoms with Gasteiger partial charge in [-0.05, 0) is 65.2 Å². The Hall–Kier alpha value is -0.540. The SMILES string of the molecule is O=C(NC1CC2CCC1C2)c1cc(Cl)ccc1Br. The molecule has 2 aliphatic carbocycles. The van der Waals surface area contributed by atoms with E-state index in [1.165, 1.54) is 19.3 Å². The van der Waals surface area contributed by atoms with Crippen molar-refractivity contribution in [2.45, 2.75) is 31.7 Å². The number of carbonyl (C=O) groups excluding carboxylic acids is 1. The number of nitrogens with one attached hydrogen (secondary N) is 1. The van der Waals surface area contributed by atoms with Crippen LogP contribution in [0.4, 0.5) is 0 Å². The molecule has 0 aliphatic heterocycles. The van der Waals surface area contributed by atoms with Crippen molar-refractivity contribution in [2.24, 2.45) is 11.8 Å². The van der Waals surface area contributed by atoms with Gasteiger partial charge in [0.1, 0.15) is 0 Å². The molecule has 0 aromatic heterocycles. The number of hydrogen-bond acceptors (Lipinski definition) is 1. The maximum absolute atomic E-state index is 12.3. The molecule has 1 aromatic carbocycles. The minimum absolute atomic E-state index is 0.0121. The predicted octanol–water partition coefficient (Wildman–Crippen LogP) is 4.02. The van der Waals surface area contributed by atoms with Gasteiger partial charge in [0.05, 0.1) is 5.56 Å². The van der Waals surface area contributed by atoms with Gasteiger partial charge < -0.3 is 5.32 Å². The Labute approximate surface area is 120 Å². The first-order valence-electron chi connectivity index (χ1n) is 6.39. The number of fused-ring (bicyclic) bond motifs is 2. The highest BCUT2D eigenvalue weighted by Crippen LogP contribution is 2.44. The summed E-state index contributed by atoms with van der Waals surface area (Å²) >= 11 is 9.34. The average molecular weight is 329 g/mol. The summed E-state index contributed by atoms with van der Waals surface area (Å²) in [5.74, 6) is 1.52. The molecule has 1 aromatic rings. The van der Waals surface area contributed by atoms with Gasteiger partial charge in [-0.15, -0.1) is 0 Å². The van der Waals surface area contributed by atoms with Crippen molar-refractivity contribution in [3.8, 4) is 0 Å². The lowest BCUT2D eigenvalue weighted by molar-refractivity contribution is 0.0922. The minimum atomic E-state index is -0.0121. The molecule has 96 valence electrons. The zero-order valence-electron chi connectivity index (χ0n) is 9.96. The lowest BCUT2D eigenvalue weighted by atomic mass is 9.95. The fourth-order valence-corrected chi connectivity index (χ4v) is 3.94. The van der Waals surface area contributed by atoms with Crippen LogP contribution >= 0.6 is 27.5 Å². The van der Waals surface area contributed by atoms with Gasteiger partial charge >= 0.3 is 0 Å². The van der Waals surface area contributed by atoms with E-state index in [1.807, 2.05) is 6.07 Å². The second-order valence-electron chi connectivity index (χ2n) is 5.38. The smallest absolute Gasteiger partial charge is 0.252 e. The molecule has 18 heavy (non-hydrogen) atoms. The summed E-state index contributed by atoms with van der Waals surface area (Å²) in [5.41, 5.74) is 0.630. The van der Waals surface area contributed by atoms with Crippen LogP contribution in [0.15, 0.2) is 22.7 Å². The second-order valence-corrected chi connectivity index (χ2v) is 6.67. The van der Waals surface area contributed by atoms with Crippen molar-refractivity contribution in [3.63, 3.8) is 0 Å². The average Bonchev–Trinajstić information content (AvgIpc) is 2.94. The highest BCUT2D eigenvalue weighted by Gasteiger charge is 2.40. The highest BCUT2D eigenvalue weighted by molar-refractivity contribution is 9.10. The van der Waals surface area contributed by atoms with Crippen LogP contribution < -0.4 is 5.32 Å². The number of carbonyl (C=O) groups is 1. The Morgan fingerprint density at radius 3 is 2.83 bits per heavy atom. The predicted molar refractivity (Wildman–Crippen MR) is 75.9 cm³/mol. The fraction of sp³-hybridized carbons (Fsp3) is 0.500. The minimum Gasteiger partial charge on any atom is -0.349 e. The van der Waals surface area contributed by atoms with Gasteiger partial charge in [0.15, 0.2) is 0 Å². The zero-order chi connectivity index (χ0) is 12.7. The second kappa shape index (κ2) is 4.86. The number of hydrogen-bond donors (Lipinski definition) is 1. The lowest BCUT2D eigenvalue weighted by Crippen LogP contribution is -2.38. The molecule has 1 amide bonds. The molecular weight excluding hydrogens is 314 g/mol. The van der Waals surface area contributed by atoms with E-state index in [2.05, 4.69) is 21.2 Å². The van der Waals surface area contributed by atoms with Gasteiger partial charge in [-0.1, -0.05) is 18.0 Å². The van der Waals surface area contributed by atoms with Gasteiger partial charge in [-0.2, -0.15) is 0 Å². The van der Waals surface area contributed by atoms with Gasteiger partial charge in [-0.3, -0.25) is 4.79 Å². The van der Waals surface area contributed by atoms with E-state index in [0.717, 1.165) is 16.8 Å². The molecule has 2 saturated carbocycles. The first-order chi connectivity index (χ1) is 8.63. The normalized spacial score (nSPS) is 29.6. The van der Waals surface area contributed by atoms with E-state index in [-0.39, 0.29) is 5.91 Å². The molecular formula is C14H15BrClNO. The monoisotopic (exact) mass is 327 g/mol. The van der Waals surface area contributed by atoms with E-state index < -0.39 is 0 Å². The summed E-state index contributed by atoms with van der Waals surface area (Å²) in [7, 11) is 0. The molecule has 0 heterocycles. The third kappa shape index (κ3) is 2.30. The Bertz CT molecular complexity index is 491. The van der Waals surface area contributed by atoms with Gasteiger partial charge in [0.2, 0.25) is 0 Å². The summed E-state index contributed by atoms with van der Waals surface area (Å²) < 4.78 is 0.799. The molecule has 2 bridgehead atoms. The summed E-state index contributed by atoms with van der Waals surface area (Å²) in [6.07, 6.45) is 5.06. The highest BCUT2D eigenvalue weighted by atomic mass is 79.9. The van der Waals surface area contributed by atoms with E-state index in [4.69, 9.17) is 11.6 Å². The number of benzene rings is 1. The fourth-order valence-electron chi connectivity index (χ4n) is 3.34. The Morgan fingerprint density at radius 2 is 2.17 bits per heavy atom. The largest absolute Gasteiger partial charge is 0.349 e. The van der Waals surface area contributed by atoms with E-state index >= 15 is 0 Å².